The van der Waals surface area contributed by atoms with Crippen LogP contribution in [0.4, 0.5) is 0 Å². The minimum atomic E-state index is 0.132. The highest BCUT2D eigenvalue weighted by molar-refractivity contribution is 5.23. The molecule has 0 bridgehead atoms. The summed E-state index contributed by atoms with van der Waals surface area (Å²) in [6.07, 6.45) is 6.65. The van der Waals surface area contributed by atoms with Crippen LogP contribution in [0.3, 0.4) is 0 Å². The molecule has 1 heteroatoms. The lowest BCUT2D eigenvalue weighted by atomic mass is 9.94. The van der Waals surface area contributed by atoms with Gasteiger partial charge in [0.1, 0.15) is 0 Å². The Hall–Kier alpha value is -1.26. The van der Waals surface area contributed by atoms with Crippen molar-refractivity contribution in [2.75, 3.05) is 6.54 Å². The number of benzene rings is 1. The third kappa shape index (κ3) is 3.42. The molecule has 0 saturated heterocycles. The van der Waals surface area contributed by atoms with E-state index in [4.69, 9.17) is 6.42 Å². The highest BCUT2D eigenvalue weighted by Gasteiger charge is 2.14. The van der Waals surface area contributed by atoms with Crippen molar-refractivity contribution >= 4 is 0 Å². The molecule has 0 aliphatic heterocycles. The highest BCUT2D eigenvalue weighted by Crippen LogP contribution is 2.18. The number of nitrogens with one attached hydrogen (secondary N) is 1. The second-order valence-corrected chi connectivity index (χ2v) is 3.80. The van der Waals surface area contributed by atoms with E-state index in [9.17, 15) is 0 Å². The molecule has 1 N–H and O–H groups in total. The lowest BCUT2D eigenvalue weighted by Gasteiger charge is -2.20. The quantitative estimate of drug-likeness (QED) is 0.722. The monoisotopic (exact) mass is 201 g/mol. The Balaban J connectivity index is 2.66. The number of hydrogen-bond acceptors (Lipinski definition) is 1. The summed E-state index contributed by atoms with van der Waals surface area (Å²) in [5.41, 5.74) is 1.30. The Morgan fingerprint density at radius 3 is 2.53 bits per heavy atom. The van der Waals surface area contributed by atoms with E-state index in [1.165, 1.54) is 5.56 Å². The first-order chi connectivity index (χ1) is 7.29. The molecule has 0 aromatic heterocycles. The van der Waals surface area contributed by atoms with Crippen molar-refractivity contribution in [3.05, 3.63) is 35.9 Å². The average molecular weight is 201 g/mol. The highest BCUT2D eigenvalue weighted by atomic mass is 14.9. The van der Waals surface area contributed by atoms with Crippen LogP contribution in [-0.4, -0.2) is 12.6 Å². The summed E-state index contributed by atoms with van der Waals surface area (Å²) in [4.78, 5) is 0. The molecule has 1 nitrogen and oxygen atoms in total. The number of hydrogen-bond donors (Lipinski definition) is 1. The maximum atomic E-state index is 5.54. The van der Waals surface area contributed by atoms with E-state index < -0.39 is 0 Å². The molecule has 0 spiro atoms. The molecule has 1 aromatic rings. The molecule has 80 valence electrons. The maximum absolute atomic E-state index is 5.54. The molecule has 2 atom stereocenters. The molecule has 2 unspecified atom stereocenters. The Labute approximate surface area is 92.9 Å². The topological polar surface area (TPSA) is 12.0 Å². The average Bonchev–Trinajstić information content (AvgIpc) is 2.31. The van der Waals surface area contributed by atoms with Crippen LogP contribution in [0.25, 0.3) is 0 Å². The zero-order chi connectivity index (χ0) is 11.1. The van der Waals surface area contributed by atoms with Gasteiger partial charge >= 0.3 is 0 Å². The second kappa shape index (κ2) is 6.27. The fraction of sp³-hybridized carbons (Fsp3) is 0.429. The van der Waals surface area contributed by atoms with E-state index in [2.05, 4.69) is 49.4 Å². The van der Waals surface area contributed by atoms with Crippen LogP contribution in [0.2, 0.25) is 0 Å². The van der Waals surface area contributed by atoms with Gasteiger partial charge in [0, 0.05) is 5.92 Å². The first kappa shape index (κ1) is 11.8. The van der Waals surface area contributed by atoms with Crippen molar-refractivity contribution in [1.82, 2.24) is 5.32 Å². The normalized spacial score (nSPS) is 14.2. The minimum Gasteiger partial charge on any atom is -0.303 e. The molecule has 15 heavy (non-hydrogen) atoms. The van der Waals surface area contributed by atoms with Gasteiger partial charge in [-0.2, -0.15) is 0 Å². The van der Waals surface area contributed by atoms with Crippen molar-refractivity contribution in [3.63, 3.8) is 0 Å². The van der Waals surface area contributed by atoms with Crippen LogP contribution in [0.1, 0.15) is 31.7 Å². The van der Waals surface area contributed by atoms with Gasteiger partial charge in [0.2, 0.25) is 0 Å². The largest absolute Gasteiger partial charge is 0.303 e. The standard InChI is InChI=1S/C14H19N/c1-4-11-15-14(5-2)12(3)13-9-7-6-8-10-13/h2,6-10,12,14-15H,4,11H2,1,3H3. The smallest absolute Gasteiger partial charge is 0.0753 e. The van der Waals surface area contributed by atoms with Gasteiger partial charge in [0.15, 0.2) is 0 Å². The van der Waals surface area contributed by atoms with E-state index >= 15 is 0 Å². The fourth-order valence-corrected chi connectivity index (χ4v) is 1.63. The van der Waals surface area contributed by atoms with Crippen molar-refractivity contribution in [2.24, 2.45) is 0 Å². The Morgan fingerprint density at radius 1 is 1.33 bits per heavy atom. The van der Waals surface area contributed by atoms with Crippen molar-refractivity contribution in [1.29, 1.82) is 0 Å². The number of rotatable bonds is 5. The molecule has 0 radical (unpaired) electrons. The first-order valence-electron chi connectivity index (χ1n) is 5.54. The van der Waals surface area contributed by atoms with Crippen LogP contribution in [-0.2, 0) is 0 Å². The molecule has 0 saturated carbocycles. The van der Waals surface area contributed by atoms with Gasteiger partial charge in [0.05, 0.1) is 6.04 Å². The molecule has 0 heterocycles. The zero-order valence-electron chi connectivity index (χ0n) is 9.53. The second-order valence-electron chi connectivity index (χ2n) is 3.80. The van der Waals surface area contributed by atoms with Gasteiger partial charge in [-0.05, 0) is 18.5 Å². The summed E-state index contributed by atoms with van der Waals surface area (Å²) in [7, 11) is 0. The Bertz CT molecular complexity index is 310. The van der Waals surface area contributed by atoms with Gasteiger partial charge in [-0.25, -0.2) is 0 Å². The summed E-state index contributed by atoms with van der Waals surface area (Å²) >= 11 is 0. The molecule has 0 fully saturated rings. The molecule has 1 aromatic carbocycles. The molecule has 0 aliphatic carbocycles. The molecular formula is C14H19N. The van der Waals surface area contributed by atoms with Crippen LogP contribution in [0, 0.1) is 12.3 Å². The summed E-state index contributed by atoms with van der Waals surface area (Å²) in [5, 5.41) is 3.38. The number of terminal acetylenes is 1. The molecule has 1 rings (SSSR count). The van der Waals surface area contributed by atoms with Gasteiger partial charge in [0.25, 0.3) is 0 Å². The van der Waals surface area contributed by atoms with Crippen LogP contribution < -0.4 is 5.32 Å². The van der Waals surface area contributed by atoms with Crippen LogP contribution >= 0.6 is 0 Å². The van der Waals surface area contributed by atoms with Crippen molar-refractivity contribution in [2.45, 2.75) is 32.2 Å². The fourth-order valence-electron chi connectivity index (χ4n) is 1.63. The molecular weight excluding hydrogens is 182 g/mol. The van der Waals surface area contributed by atoms with Crippen molar-refractivity contribution in [3.8, 4) is 12.3 Å². The van der Waals surface area contributed by atoms with E-state index in [-0.39, 0.29) is 6.04 Å². The summed E-state index contributed by atoms with van der Waals surface area (Å²) in [6, 6.07) is 10.5. The third-order valence-electron chi connectivity index (χ3n) is 2.62. The SMILES string of the molecule is C#CC(NCCC)C(C)c1ccccc1. The van der Waals surface area contributed by atoms with Gasteiger partial charge < -0.3 is 5.32 Å². The predicted octanol–water partition coefficient (Wildman–Crippen LogP) is 2.79. The summed E-state index contributed by atoms with van der Waals surface area (Å²) in [6.45, 7) is 5.29. The van der Waals surface area contributed by atoms with E-state index in [1.807, 2.05) is 6.07 Å². The lowest BCUT2D eigenvalue weighted by Crippen LogP contribution is -2.32. The van der Waals surface area contributed by atoms with Gasteiger partial charge in [-0.1, -0.05) is 50.1 Å². The van der Waals surface area contributed by atoms with E-state index in [0.717, 1.165) is 13.0 Å². The summed E-state index contributed by atoms with van der Waals surface area (Å²) < 4.78 is 0. The van der Waals surface area contributed by atoms with Gasteiger partial charge in [-0.15, -0.1) is 6.42 Å². The Kier molecular flexibility index (Phi) is 4.93. The van der Waals surface area contributed by atoms with Crippen LogP contribution in [0.5, 0.6) is 0 Å². The molecule has 0 aliphatic rings. The lowest BCUT2D eigenvalue weighted by molar-refractivity contribution is 0.533. The van der Waals surface area contributed by atoms with Crippen molar-refractivity contribution < 1.29 is 0 Å². The first-order valence-corrected chi connectivity index (χ1v) is 5.54. The molecule has 0 amide bonds. The maximum Gasteiger partial charge on any atom is 0.0753 e. The van der Waals surface area contributed by atoms with E-state index in [1.54, 1.807) is 0 Å². The zero-order valence-corrected chi connectivity index (χ0v) is 9.53. The predicted molar refractivity (Wildman–Crippen MR) is 65.8 cm³/mol. The summed E-state index contributed by atoms with van der Waals surface area (Å²) in [5.74, 6) is 3.19. The van der Waals surface area contributed by atoms with Crippen LogP contribution in [0.15, 0.2) is 30.3 Å². The van der Waals surface area contributed by atoms with E-state index in [0.29, 0.717) is 5.92 Å². The van der Waals surface area contributed by atoms with Gasteiger partial charge in [-0.3, -0.25) is 0 Å². The minimum absolute atomic E-state index is 0.132. The Morgan fingerprint density at radius 2 is 2.00 bits per heavy atom. The third-order valence-corrected chi connectivity index (χ3v) is 2.62.